The number of hydrogen-bond donors (Lipinski definition) is 1. The van der Waals surface area contributed by atoms with Crippen LogP contribution in [0.3, 0.4) is 0 Å². The quantitative estimate of drug-likeness (QED) is 0.656. The van der Waals surface area contributed by atoms with Gasteiger partial charge in [-0.25, -0.2) is 24.9 Å². The van der Waals surface area contributed by atoms with Crippen LogP contribution in [0.4, 0.5) is 11.8 Å². The molecule has 1 aliphatic heterocycles. The summed E-state index contributed by atoms with van der Waals surface area (Å²) in [5.41, 5.74) is 7.61. The number of nitrogens with zero attached hydrogens (tertiary/aromatic N) is 8. The highest BCUT2D eigenvalue weighted by molar-refractivity contribution is 5.82. The third-order valence-electron chi connectivity index (χ3n) is 5.88. The fraction of sp³-hybridized carbons (Fsp3) is 0.476. The molecule has 3 aromatic rings. The molecule has 2 fully saturated rings. The van der Waals surface area contributed by atoms with Gasteiger partial charge in [0.2, 0.25) is 11.8 Å². The van der Waals surface area contributed by atoms with Gasteiger partial charge in [0.1, 0.15) is 5.52 Å². The summed E-state index contributed by atoms with van der Waals surface area (Å²) >= 11 is 0. The highest BCUT2D eigenvalue weighted by Gasteiger charge is 2.21. The van der Waals surface area contributed by atoms with Crippen molar-refractivity contribution in [3.05, 3.63) is 30.6 Å². The van der Waals surface area contributed by atoms with E-state index in [1.165, 1.54) is 12.8 Å². The molecule has 3 aromatic heterocycles. The molecule has 154 valence electrons. The number of fused-ring (bicyclic) bond motifs is 1. The van der Waals surface area contributed by atoms with Gasteiger partial charge >= 0.3 is 0 Å². The number of nitrogens with two attached hydrogens (primary N) is 1. The fourth-order valence-corrected chi connectivity index (χ4v) is 4.23. The lowest BCUT2D eigenvalue weighted by Crippen LogP contribution is -2.47. The van der Waals surface area contributed by atoms with Crippen LogP contribution in [0.15, 0.2) is 24.8 Å². The summed E-state index contributed by atoms with van der Waals surface area (Å²) in [6, 6.07) is 2.29. The Hall–Kier alpha value is -3.25. The van der Waals surface area contributed by atoms with Crippen LogP contribution in [0.2, 0.25) is 0 Å². The molecule has 30 heavy (non-hydrogen) atoms. The lowest BCUT2D eigenvalue weighted by atomic mass is 10.2. The van der Waals surface area contributed by atoms with Crippen molar-refractivity contribution in [2.24, 2.45) is 0 Å². The first-order valence-corrected chi connectivity index (χ1v) is 10.5. The number of rotatable bonds is 3. The van der Waals surface area contributed by atoms with E-state index in [0.717, 1.165) is 50.6 Å². The molecule has 0 atom stereocenters. The van der Waals surface area contributed by atoms with E-state index in [4.69, 9.17) is 5.73 Å². The van der Waals surface area contributed by atoms with Crippen LogP contribution in [0.25, 0.3) is 11.2 Å². The predicted molar refractivity (Wildman–Crippen MR) is 115 cm³/mol. The van der Waals surface area contributed by atoms with Crippen LogP contribution in [0.1, 0.15) is 37.5 Å². The summed E-state index contributed by atoms with van der Waals surface area (Å²) in [6.45, 7) is 4.29. The van der Waals surface area contributed by atoms with E-state index in [9.17, 15) is 0 Å². The van der Waals surface area contributed by atoms with Crippen LogP contribution in [0, 0.1) is 11.8 Å². The highest BCUT2D eigenvalue weighted by atomic mass is 15.3. The second kappa shape index (κ2) is 8.24. The van der Waals surface area contributed by atoms with Gasteiger partial charge in [-0.2, -0.15) is 0 Å². The van der Waals surface area contributed by atoms with E-state index in [2.05, 4.69) is 51.1 Å². The van der Waals surface area contributed by atoms with Crippen LogP contribution >= 0.6 is 0 Å². The zero-order chi connectivity index (χ0) is 20.3. The standard InChI is InChI=1S/C21H25N9/c22-19-18-20(30(15-25-18)16-5-1-2-6-16)27-17(26-19)7-3-10-28-11-13-29(14-12-28)21-23-8-4-9-24-21/h4,8-9,15-16H,1-2,5-6,10-14H2,(H2,22,26,27). The van der Waals surface area contributed by atoms with Crippen molar-refractivity contribution in [1.29, 1.82) is 0 Å². The molecule has 1 aliphatic carbocycles. The predicted octanol–water partition coefficient (Wildman–Crippen LogP) is 1.49. The van der Waals surface area contributed by atoms with Gasteiger partial charge in [0.05, 0.1) is 12.9 Å². The average molecular weight is 403 g/mol. The smallest absolute Gasteiger partial charge is 0.225 e. The summed E-state index contributed by atoms with van der Waals surface area (Å²) in [5.74, 6) is 7.98. The molecule has 1 saturated heterocycles. The van der Waals surface area contributed by atoms with Crippen LogP contribution in [-0.2, 0) is 0 Å². The van der Waals surface area contributed by atoms with Crippen molar-refractivity contribution in [2.75, 3.05) is 43.4 Å². The minimum Gasteiger partial charge on any atom is -0.382 e. The zero-order valence-corrected chi connectivity index (χ0v) is 16.9. The maximum atomic E-state index is 6.13. The second-order valence-corrected chi connectivity index (χ2v) is 7.81. The van der Waals surface area contributed by atoms with E-state index >= 15 is 0 Å². The average Bonchev–Trinajstić information content (AvgIpc) is 3.45. The fourth-order valence-electron chi connectivity index (χ4n) is 4.23. The largest absolute Gasteiger partial charge is 0.382 e. The third-order valence-corrected chi connectivity index (χ3v) is 5.88. The van der Waals surface area contributed by atoms with Gasteiger partial charge < -0.3 is 15.2 Å². The molecule has 4 heterocycles. The van der Waals surface area contributed by atoms with Gasteiger partial charge in [-0.1, -0.05) is 18.8 Å². The first-order chi connectivity index (χ1) is 14.8. The number of hydrogen-bond acceptors (Lipinski definition) is 8. The van der Waals surface area contributed by atoms with Gasteiger partial charge in [0, 0.05) is 44.6 Å². The van der Waals surface area contributed by atoms with E-state index < -0.39 is 0 Å². The Morgan fingerprint density at radius 2 is 1.77 bits per heavy atom. The molecule has 9 nitrogen and oxygen atoms in total. The third kappa shape index (κ3) is 3.78. The van der Waals surface area contributed by atoms with Crippen molar-refractivity contribution in [3.8, 4) is 11.8 Å². The molecular formula is C21H25N9. The normalized spacial score (nSPS) is 17.9. The van der Waals surface area contributed by atoms with E-state index in [-0.39, 0.29) is 0 Å². The maximum absolute atomic E-state index is 6.13. The molecule has 1 saturated carbocycles. The number of anilines is 2. The second-order valence-electron chi connectivity index (χ2n) is 7.81. The Kier molecular flexibility index (Phi) is 5.15. The number of nitrogen functional groups attached to an aromatic ring is 1. The van der Waals surface area contributed by atoms with Gasteiger partial charge in [-0.15, -0.1) is 0 Å². The summed E-state index contributed by atoms with van der Waals surface area (Å²) in [6.07, 6.45) is 10.2. The van der Waals surface area contributed by atoms with Crippen molar-refractivity contribution < 1.29 is 0 Å². The van der Waals surface area contributed by atoms with Crippen LogP contribution in [-0.4, -0.2) is 67.1 Å². The Morgan fingerprint density at radius 3 is 2.53 bits per heavy atom. The van der Waals surface area contributed by atoms with Gasteiger partial charge in [-0.3, -0.25) is 4.90 Å². The molecule has 9 heteroatoms. The minimum absolute atomic E-state index is 0.400. The summed E-state index contributed by atoms with van der Waals surface area (Å²) < 4.78 is 2.15. The molecule has 0 radical (unpaired) electrons. The first-order valence-electron chi connectivity index (χ1n) is 10.5. The molecule has 0 unspecified atom stereocenters. The van der Waals surface area contributed by atoms with E-state index in [0.29, 0.717) is 29.7 Å². The van der Waals surface area contributed by atoms with Crippen molar-refractivity contribution in [3.63, 3.8) is 0 Å². The van der Waals surface area contributed by atoms with Crippen molar-refractivity contribution >= 4 is 22.9 Å². The molecular weight excluding hydrogens is 378 g/mol. The zero-order valence-electron chi connectivity index (χ0n) is 16.9. The Balaban J connectivity index is 1.25. The topological polar surface area (TPSA) is 102 Å². The number of imidazole rings is 1. The van der Waals surface area contributed by atoms with Crippen LogP contribution < -0.4 is 10.6 Å². The summed E-state index contributed by atoms with van der Waals surface area (Å²) in [5, 5.41) is 0. The molecule has 2 aliphatic rings. The maximum Gasteiger partial charge on any atom is 0.225 e. The Labute approximate surface area is 175 Å². The van der Waals surface area contributed by atoms with Crippen molar-refractivity contribution in [2.45, 2.75) is 31.7 Å². The first kappa shape index (κ1) is 18.8. The van der Waals surface area contributed by atoms with Crippen LogP contribution in [0.5, 0.6) is 0 Å². The van der Waals surface area contributed by atoms with Gasteiger partial charge in [-0.05, 0) is 24.8 Å². The highest BCUT2D eigenvalue weighted by Crippen LogP contribution is 2.32. The van der Waals surface area contributed by atoms with Gasteiger partial charge in [0.15, 0.2) is 11.5 Å². The molecule has 0 aromatic carbocycles. The van der Waals surface area contributed by atoms with E-state index in [1.54, 1.807) is 12.4 Å². The molecule has 0 amide bonds. The monoisotopic (exact) mass is 403 g/mol. The molecule has 0 bridgehead atoms. The molecule has 0 spiro atoms. The number of aromatic nitrogens is 6. The van der Waals surface area contributed by atoms with E-state index in [1.807, 2.05) is 12.4 Å². The Morgan fingerprint density at radius 1 is 1.00 bits per heavy atom. The van der Waals surface area contributed by atoms with Gasteiger partial charge in [0.25, 0.3) is 0 Å². The Bertz CT molecular complexity index is 1070. The van der Waals surface area contributed by atoms with Crippen molar-refractivity contribution in [1.82, 2.24) is 34.4 Å². The molecule has 5 rings (SSSR count). The lowest BCUT2D eigenvalue weighted by Gasteiger charge is -2.33. The number of piperazine rings is 1. The summed E-state index contributed by atoms with van der Waals surface area (Å²) in [7, 11) is 0. The lowest BCUT2D eigenvalue weighted by molar-refractivity contribution is 0.286. The minimum atomic E-state index is 0.400. The summed E-state index contributed by atoms with van der Waals surface area (Å²) in [4.78, 5) is 26.6. The SMILES string of the molecule is Nc1nc(C#CCN2CCN(c3ncccn3)CC2)nc2c1ncn2C1CCCC1. The molecule has 2 N–H and O–H groups in total.